The molecule has 0 atom stereocenters. The molecule has 7 heteroatoms. The molecule has 152 valence electrons. The zero-order valence-corrected chi connectivity index (χ0v) is 17.9. The van der Waals surface area contributed by atoms with E-state index in [2.05, 4.69) is 16.9 Å². The van der Waals surface area contributed by atoms with E-state index in [-0.39, 0.29) is 9.64 Å². The Kier molecular flexibility index (Phi) is 7.04. The molecule has 2 aromatic rings. The first-order valence-electron chi connectivity index (χ1n) is 9.49. The molecular weight excluding hydrogens is 394 g/mol. The lowest BCUT2D eigenvalue weighted by Crippen LogP contribution is -2.44. The maximum atomic E-state index is 12.9. The highest BCUT2D eigenvalue weighted by molar-refractivity contribution is 8.00. The topological polar surface area (TPSA) is 64.6 Å². The number of hydrogen-bond acceptors (Lipinski definition) is 5. The average molecular weight is 422 g/mol. The third-order valence-electron chi connectivity index (χ3n) is 4.82. The molecule has 3 rings (SSSR count). The van der Waals surface area contributed by atoms with Gasteiger partial charge >= 0.3 is 0 Å². The fourth-order valence-electron chi connectivity index (χ4n) is 3.21. The van der Waals surface area contributed by atoms with Crippen LogP contribution < -0.4 is 9.46 Å². The molecule has 1 saturated heterocycles. The maximum absolute atomic E-state index is 12.9. The zero-order valence-electron chi connectivity index (χ0n) is 16.3. The van der Waals surface area contributed by atoms with Crippen LogP contribution in [-0.2, 0) is 14.8 Å². The summed E-state index contributed by atoms with van der Waals surface area (Å²) in [6.45, 7) is 5.96. The van der Waals surface area contributed by atoms with Crippen molar-refractivity contribution >= 4 is 21.8 Å². The van der Waals surface area contributed by atoms with Gasteiger partial charge in [0.25, 0.3) is 0 Å². The van der Waals surface area contributed by atoms with Gasteiger partial charge in [-0.1, -0.05) is 18.2 Å². The molecule has 0 aliphatic carbocycles. The molecule has 1 heterocycles. The summed E-state index contributed by atoms with van der Waals surface area (Å²) in [6.07, 6.45) is 1.61. The van der Waals surface area contributed by atoms with Gasteiger partial charge in [-0.25, -0.2) is 13.1 Å². The quantitative estimate of drug-likeness (QED) is 0.698. The van der Waals surface area contributed by atoms with Gasteiger partial charge < -0.3 is 9.47 Å². The molecule has 0 radical (unpaired) electrons. The minimum absolute atomic E-state index is 0.215. The lowest BCUT2D eigenvalue weighted by Gasteiger charge is -2.36. The second-order valence-electron chi connectivity index (χ2n) is 6.90. The normalized spacial score (nSPS) is 16.6. The number of nitrogens with one attached hydrogen (secondary N) is 1. The minimum Gasteiger partial charge on any atom is -0.494 e. The van der Waals surface area contributed by atoms with Crippen molar-refractivity contribution in [1.29, 1.82) is 0 Å². The highest BCUT2D eigenvalue weighted by Gasteiger charge is 2.35. The van der Waals surface area contributed by atoms with Crippen LogP contribution in [0.1, 0.15) is 25.3 Å². The highest BCUT2D eigenvalue weighted by Crippen LogP contribution is 2.40. The van der Waals surface area contributed by atoms with Crippen molar-refractivity contribution in [2.24, 2.45) is 0 Å². The Morgan fingerprint density at radius 2 is 1.86 bits per heavy atom. The van der Waals surface area contributed by atoms with Crippen molar-refractivity contribution in [1.82, 2.24) is 4.72 Å². The first kappa shape index (κ1) is 21.2. The summed E-state index contributed by atoms with van der Waals surface area (Å²) >= 11 is 1.73. The lowest BCUT2D eigenvalue weighted by molar-refractivity contribution is 0.0784. The van der Waals surface area contributed by atoms with Gasteiger partial charge in [0.15, 0.2) is 0 Å². The highest BCUT2D eigenvalue weighted by atomic mass is 32.2. The Labute approximate surface area is 171 Å². The fourth-order valence-corrected chi connectivity index (χ4v) is 5.83. The molecule has 0 saturated carbocycles. The number of rotatable bonds is 8. The Morgan fingerprint density at radius 3 is 2.50 bits per heavy atom. The third kappa shape index (κ3) is 5.29. The van der Waals surface area contributed by atoms with Crippen molar-refractivity contribution in [3.63, 3.8) is 0 Å². The third-order valence-corrected chi connectivity index (χ3v) is 7.71. The molecular formula is C21H27NO4S2. The minimum atomic E-state index is -3.60. The van der Waals surface area contributed by atoms with E-state index in [1.165, 1.54) is 0 Å². The van der Waals surface area contributed by atoms with Crippen LogP contribution in [0.25, 0.3) is 0 Å². The molecule has 1 aliphatic rings. The molecule has 1 aliphatic heterocycles. The van der Waals surface area contributed by atoms with Crippen LogP contribution >= 0.6 is 11.8 Å². The monoisotopic (exact) mass is 421 g/mol. The smallest absolute Gasteiger partial charge is 0.240 e. The number of sulfonamides is 1. The lowest BCUT2D eigenvalue weighted by atomic mass is 9.99. The number of ether oxygens (including phenoxy) is 2. The van der Waals surface area contributed by atoms with Gasteiger partial charge in [0.2, 0.25) is 10.0 Å². The van der Waals surface area contributed by atoms with Gasteiger partial charge in [-0.2, -0.15) is 0 Å². The zero-order chi connectivity index (χ0) is 20.0. The molecule has 0 aromatic heterocycles. The Morgan fingerprint density at radius 1 is 1.14 bits per heavy atom. The van der Waals surface area contributed by atoms with E-state index >= 15 is 0 Å². The van der Waals surface area contributed by atoms with E-state index in [4.69, 9.17) is 9.47 Å². The standard InChI is InChI=1S/C21H27NO4S2/c1-3-26-20-10-9-19(15-17(20)2)28(23,24)22-16-21(11-13-25-14-12-21)27-18-7-5-4-6-8-18/h4-10,15,22H,3,11-14,16H2,1-2H3. The molecule has 0 amide bonds. The largest absolute Gasteiger partial charge is 0.494 e. The Hall–Kier alpha value is -1.54. The Balaban J connectivity index is 1.75. The summed E-state index contributed by atoms with van der Waals surface area (Å²) in [7, 11) is -3.60. The molecule has 0 unspecified atom stereocenters. The first-order valence-corrected chi connectivity index (χ1v) is 11.8. The molecule has 0 spiro atoms. The number of aryl methyl sites for hydroxylation is 1. The predicted molar refractivity (Wildman–Crippen MR) is 113 cm³/mol. The van der Waals surface area contributed by atoms with E-state index in [1.54, 1.807) is 30.0 Å². The van der Waals surface area contributed by atoms with Crippen LogP contribution in [0.5, 0.6) is 5.75 Å². The van der Waals surface area contributed by atoms with Gasteiger partial charge in [-0.15, -0.1) is 11.8 Å². The first-order chi connectivity index (χ1) is 13.4. The average Bonchev–Trinajstić information content (AvgIpc) is 2.70. The van der Waals surface area contributed by atoms with Crippen LogP contribution in [0.15, 0.2) is 58.3 Å². The van der Waals surface area contributed by atoms with E-state index in [9.17, 15) is 8.42 Å². The van der Waals surface area contributed by atoms with Crippen molar-refractivity contribution < 1.29 is 17.9 Å². The molecule has 1 N–H and O–H groups in total. The number of thioether (sulfide) groups is 1. The fraction of sp³-hybridized carbons (Fsp3) is 0.429. The second-order valence-corrected chi connectivity index (χ2v) is 10.2. The SMILES string of the molecule is CCOc1ccc(S(=O)(=O)NCC2(Sc3ccccc3)CCOCC2)cc1C. The van der Waals surface area contributed by atoms with Crippen molar-refractivity contribution in [2.75, 3.05) is 26.4 Å². The molecule has 28 heavy (non-hydrogen) atoms. The summed E-state index contributed by atoms with van der Waals surface area (Å²) in [5, 5.41) is 0. The number of benzene rings is 2. The van der Waals surface area contributed by atoms with Crippen LogP contribution in [0, 0.1) is 6.92 Å². The van der Waals surface area contributed by atoms with Crippen molar-refractivity contribution in [2.45, 2.75) is 41.2 Å². The van der Waals surface area contributed by atoms with Crippen LogP contribution in [0.2, 0.25) is 0 Å². The van der Waals surface area contributed by atoms with E-state index in [0.29, 0.717) is 32.1 Å². The summed E-state index contributed by atoms with van der Waals surface area (Å²) in [4.78, 5) is 1.40. The summed E-state index contributed by atoms with van der Waals surface area (Å²) in [5.74, 6) is 0.710. The van der Waals surface area contributed by atoms with Gasteiger partial charge in [0.1, 0.15) is 5.75 Å². The summed E-state index contributed by atoms with van der Waals surface area (Å²) in [6, 6.07) is 15.1. The van der Waals surface area contributed by atoms with Crippen LogP contribution in [0.3, 0.4) is 0 Å². The van der Waals surface area contributed by atoms with Crippen LogP contribution in [-0.4, -0.2) is 39.5 Å². The number of hydrogen-bond donors (Lipinski definition) is 1. The van der Waals surface area contributed by atoms with E-state index in [1.807, 2.05) is 32.0 Å². The summed E-state index contributed by atoms with van der Waals surface area (Å²) < 4.78 is 39.5. The maximum Gasteiger partial charge on any atom is 0.240 e. The second kappa shape index (κ2) is 9.31. The van der Waals surface area contributed by atoms with Gasteiger partial charge in [-0.3, -0.25) is 0 Å². The van der Waals surface area contributed by atoms with Gasteiger partial charge in [0, 0.05) is 29.4 Å². The molecule has 1 fully saturated rings. The molecule has 2 aromatic carbocycles. The molecule has 0 bridgehead atoms. The van der Waals surface area contributed by atoms with Gasteiger partial charge in [0.05, 0.1) is 11.5 Å². The van der Waals surface area contributed by atoms with Gasteiger partial charge in [-0.05, 0) is 62.6 Å². The predicted octanol–water partition coefficient (Wildman–Crippen LogP) is 4.01. The van der Waals surface area contributed by atoms with E-state index < -0.39 is 10.0 Å². The van der Waals surface area contributed by atoms with Crippen molar-refractivity contribution in [3.8, 4) is 5.75 Å². The summed E-state index contributed by atoms with van der Waals surface area (Å²) in [5.41, 5.74) is 0.809. The Bertz CT molecular complexity index is 879. The van der Waals surface area contributed by atoms with Crippen molar-refractivity contribution in [3.05, 3.63) is 54.1 Å². The van der Waals surface area contributed by atoms with E-state index in [0.717, 1.165) is 23.3 Å². The van der Waals surface area contributed by atoms with Crippen LogP contribution in [0.4, 0.5) is 0 Å². The molecule has 5 nitrogen and oxygen atoms in total.